The van der Waals surface area contributed by atoms with Gasteiger partial charge in [0.1, 0.15) is 0 Å². The van der Waals surface area contributed by atoms with E-state index in [0.717, 1.165) is 0 Å². The lowest BCUT2D eigenvalue weighted by atomic mass is 10.1. The number of aliphatic hydroxyl groups is 1. The van der Waals surface area contributed by atoms with Gasteiger partial charge >= 0.3 is 12.0 Å². The average Bonchev–Trinajstić information content (AvgIpc) is 2.29. The SMILES string of the molecule is Cc1cc(C(=O)O)ccc1NC(=O)N(C)CC(C)(C)O. The van der Waals surface area contributed by atoms with Crippen molar-refractivity contribution >= 4 is 17.7 Å². The van der Waals surface area contributed by atoms with E-state index in [2.05, 4.69) is 5.32 Å². The second-order valence-electron chi connectivity index (χ2n) is 5.43. The number of aryl methyl sites for hydroxylation is 1. The molecular weight excluding hydrogens is 260 g/mol. The number of anilines is 1. The van der Waals surface area contributed by atoms with Crippen LogP contribution in [0, 0.1) is 6.92 Å². The minimum Gasteiger partial charge on any atom is -0.478 e. The number of aromatic carboxylic acids is 1. The Morgan fingerprint density at radius 3 is 2.40 bits per heavy atom. The zero-order valence-corrected chi connectivity index (χ0v) is 12.1. The van der Waals surface area contributed by atoms with Crippen molar-refractivity contribution in [1.82, 2.24) is 4.90 Å². The number of hydrogen-bond acceptors (Lipinski definition) is 3. The van der Waals surface area contributed by atoms with Crippen molar-refractivity contribution in [3.05, 3.63) is 29.3 Å². The molecule has 0 aliphatic heterocycles. The minimum absolute atomic E-state index is 0.172. The molecule has 20 heavy (non-hydrogen) atoms. The molecule has 0 aliphatic rings. The first kappa shape index (κ1) is 16.0. The third-order valence-electron chi connectivity index (χ3n) is 2.69. The molecule has 0 fully saturated rings. The summed E-state index contributed by atoms with van der Waals surface area (Å²) in [4.78, 5) is 24.1. The number of carboxylic acids is 1. The molecule has 1 aromatic carbocycles. The molecule has 1 aromatic rings. The number of hydrogen-bond donors (Lipinski definition) is 3. The Balaban J connectivity index is 2.78. The van der Waals surface area contributed by atoms with E-state index in [1.807, 2.05) is 0 Å². The first-order chi connectivity index (χ1) is 9.10. The molecule has 0 radical (unpaired) electrons. The molecule has 0 aliphatic carbocycles. The number of carboxylic acid groups (broad SMARTS) is 1. The second kappa shape index (κ2) is 5.92. The van der Waals surface area contributed by atoms with Crippen LogP contribution in [-0.2, 0) is 0 Å². The second-order valence-corrected chi connectivity index (χ2v) is 5.43. The smallest absolute Gasteiger partial charge is 0.335 e. The fourth-order valence-electron chi connectivity index (χ4n) is 1.80. The Hall–Kier alpha value is -2.08. The highest BCUT2D eigenvalue weighted by atomic mass is 16.4. The van der Waals surface area contributed by atoms with Crippen LogP contribution in [0.15, 0.2) is 18.2 Å². The van der Waals surface area contributed by atoms with Gasteiger partial charge in [0.15, 0.2) is 0 Å². The predicted octanol–water partition coefficient (Wildman–Crippen LogP) is 1.93. The average molecular weight is 280 g/mol. The quantitative estimate of drug-likeness (QED) is 0.786. The highest BCUT2D eigenvalue weighted by Gasteiger charge is 2.19. The summed E-state index contributed by atoms with van der Waals surface area (Å²) in [7, 11) is 1.58. The van der Waals surface area contributed by atoms with Gasteiger partial charge in [-0.25, -0.2) is 9.59 Å². The highest BCUT2D eigenvalue weighted by Crippen LogP contribution is 2.17. The molecule has 0 saturated carbocycles. The van der Waals surface area contributed by atoms with E-state index in [4.69, 9.17) is 5.11 Å². The summed E-state index contributed by atoms with van der Waals surface area (Å²) in [5.41, 5.74) is 0.400. The van der Waals surface area contributed by atoms with Gasteiger partial charge in [-0.3, -0.25) is 0 Å². The van der Waals surface area contributed by atoms with Gasteiger partial charge in [0, 0.05) is 12.7 Å². The van der Waals surface area contributed by atoms with Crippen molar-refractivity contribution in [1.29, 1.82) is 0 Å². The number of carbonyl (C=O) groups is 2. The lowest BCUT2D eigenvalue weighted by molar-refractivity contribution is 0.0550. The van der Waals surface area contributed by atoms with Crippen LogP contribution >= 0.6 is 0 Å². The minimum atomic E-state index is -1.01. The number of carbonyl (C=O) groups excluding carboxylic acids is 1. The van der Waals surface area contributed by atoms with Gasteiger partial charge in [0.2, 0.25) is 0 Å². The van der Waals surface area contributed by atoms with Gasteiger partial charge in [-0.15, -0.1) is 0 Å². The molecule has 0 saturated heterocycles. The standard InChI is InChI=1S/C14H20N2O4/c1-9-7-10(12(17)18)5-6-11(9)15-13(19)16(4)8-14(2,3)20/h5-7,20H,8H2,1-4H3,(H,15,19)(H,17,18). The molecule has 0 spiro atoms. The number of benzene rings is 1. The molecule has 2 amide bonds. The Labute approximate surface area is 118 Å². The van der Waals surface area contributed by atoms with Crippen LogP contribution in [0.4, 0.5) is 10.5 Å². The number of likely N-dealkylation sites (N-methyl/N-ethyl adjacent to an activating group) is 1. The molecule has 3 N–H and O–H groups in total. The van der Waals surface area contributed by atoms with Crippen molar-refractivity contribution in [3.63, 3.8) is 0 Å². The summed E-state index contributed by atoms with van der Waals surface area (Å²) in [5.74, 6) is -1.01. The summed E-state index contributed by atoms with van der Waals surface area (Å²) in [6.07, 6.45) is 0. The molecule has 0 aromatic heterocycles. The number of nitrogens with zero attached hydrogens (tertiary/aromatic N) is 1. The van der Waals surface area contributed by atoms with Gasteiger partial charge in [-0.2, -0.15) is 0 Å². The van der Waals surface area contributed by atoms with E-state index in [9.17, 15) is 14.7 Å². The number of nitrogens with one attached hydrogen (secondary N) is 1. The van der Waals surface area contributed by atoms with Gasteiger partial charge < -0.3 is 20.4 Å². The maximum absolute atomic E-state index is 11.9. The normalized spacial score (nSPS) is 11.1. The van der Waals surface area contributed by atoms with Gasteiger partial charge in [-0.05, 0) is 44.5 Å². The van der Waals surface area contributed by atoms with E-state index in [1.54, 1.807) is 33.9 Å². The van der Waals surface area contributed by atoms with Crippen molar-refractivity contribution in [3.8, 4) is 0 Å². The summed E-state index contributed by atoms with van der Waals surface area (Å²) >= 11 is 0. The maximum Gasteiger partial charge on any atom is 0.335 e. The summed E-state index contributed by atoms with van der Waals surface area (Å²) in [5, 5.41) is 21.2. The van der Waals surface area contributed by atoms with Crippen LogP contribution in [-0.4, -0.2) is 46.3 Å². The molecule has 110 valence electrons. The Kier molecular flexibility index (Phi) is 4.73. The fourth-order valence-corrected chi connectivity index (χ4v) is 1.80. The lowest BCUT2D eigenvalue weighted by Gasteiger charge is -2.26. The van der Waals surface area contributed by atoms with Crippen LogP contribution in [0.1, 0.15) is 29.8 Å². The molecule has 0 heterocycles. The number of urea groups is 1. The molecular formula is C14H20N2O4. The van der Waals surface area contributed by atoms with Crippen LogP contribution < -0.4 is 5.32 Å². The Morgan fingerprint density at radius 2 is 1.95 bits per heavy atom. The third kappa shape index (κ3) is 4.55. The monoisotopic (exact) mass is 280 g/mol. The van der Waals surface area contributed by atoms with E-state index >= 15 is 0 Å². The Bertz CT molecular complexity index is 520. The topological polar surface area (TPSA) is 89.9 Å². The van der Waals surface area contributed by atoms with E-state index < -0.39 is 11.6 Å². The number of rotatable bonds is 4. The maximum atomic E-state index is 11.9. The zero-order chi connectivity index (χ0) is 15.5. The van der Waals surface area contributed by atoms with Gasteiger partial charge in [0.05, 0.1) is 17.7 Å². The lowest BCUT2D eigenvalue weighted by Crippen LogP contribution is -2.41. The molecule has 0 atom stereocenters. The summed E-state index contributed by atoms with van der Waals surface area (Å²) in [6.45, 7) is 5.14. The molecule has 0 bridgehead atoms. The largest absolute Gasteiger partial charge is 0.478 e. The van der Waals surface area contributed by atoms with E-state index in [-0.39, 0.29) is 18.1 Å². The zero-order valence-electron chi connectivity index (χ0n) is 12.1. The molecule has 6 heteroatoms. The van der Waals surface area contributed by atoms with Crippen molar-refractivity contribution < 1.29 is 19.8 Å². The van der Waals surface area contributed by atoms with Crippen molar-refractivity contribution in [2.45, 2.75) is 26.4 Å². The van der Waals surface area contributed by atoms with Crippen molar-refractivity contribution in [2.75, 3.05) is 18.9 Å². The van der Waals surface area contributed by atoms with Crippen LogP contribution in [0.5, 0.6) is 0 Å². The van der Waals surface area contributed by atoms with Crippen LogP contribution in [0.25, 0.3) is 0 Å². The summed E-state index contributed by atoms with van der Waals surface area (Å²) < 4.78 is 0. The van der Waals surface area contributed by atoms with Gasteiger partial charge in [-0.1, -0.05) is 0 Å². The van der Waals surface area contributed by atoms with Crippen LogP contribution in [0.2, 0.25) is 0 Å². The summed E-state index contributed by atoms with van der Waals surface area (Å²) in [6, 6.07) is 4.11. The van der Waals surface area contributed by atoms with E-state index in [0.29, 0.717) is 11.3 Å². The molecule has 6 nitrogen and oxygen atoms in total. The predicted molar refractivity (Wildman–Crippen MR) is 76.1 cm³/mol. The molecule has 1 rings (SSSR count). The first-order valence-electron chi connectivity index (χ1n) is 6.18. The Morgan fingerprint density at radius 1 is 1.35 bits per heavy atom. The first-order valence-corrected chi connectivity index (χ1v) is 6.18. The van der Waals surface area contributed by atoms with E-state index in [1.165, 1.54) is 17.0 Å². The van der Waals surface area contributed by atoms with Crippen molar-refractivity contribution in [2.24, 2.45) is 0 Å². The van der Waals surface area contributed by atoms with Crippen LogP contribution in [0.3, 0.4) is 0 Å². The third-order valence-corrected chi connectivity index (χ3v) is 2.69. The highest BCUT2D eigenvalue weighted by molar-refractivity contribution is 5.92. The van der Waals surface area contributed by atoms with Gasteiger partial charge in [0.25, 0.3) is 0 Å². The molecule has 0 unspecified atom stereocenters. The fraction of sp³-hybridized carbons (Fsp3) is 0.429. The number of amides is 2.